The molecule has 0 spiro atoms. The molecule has 2 rings (SSSR count). The normalized spacial score (nSPS) is 16.7. The van der Waals surface area contributed by atoms with Gasteiger partial charge in [-0.25, -0.2) is 4.68 Å². The molecule has 1 aromatic carbocycles. The Labute approximate surface area is 133 Å². The Morgan fingerprint density at radius 2 is 1.95 bits per heavy atom. The fraction of sp³-hybridized carbons (Fsp3) is 0.529. The fourth-order valence-corrected chi connectivity index (χ4v) is 5.39. The molecule has 0 aliphatic heterocycles. The Morgan fingerprint density at radius 1 is 1.32 bits per heavy atom. The third-order valence-electron chi connectivity index (χ3n) is 4.06. The van der Waals surface area contributed by atoms with Crippen molar-refractivity contribution in [1.82, 2.24) is 15.0 Å². The van der Waals surface area contributed by atoms with Gasteiger partial charge < -0.3 is 5.11 Å². The molecule has 22 heavy (non-hydrogen) atoms. The number of nitrogens with zero attached hydrogens (tertiary/aromatic N) is 3. The van der Waals surface area contributed by atoms with Gasteiger partial charge in [-0.1, -0.05) is 56.9 Å². The van der Waals surface area contributed by atoms with Crippen molar-refractivity contribution >= 4 is 19.1 Å². The number of hydrogen-bond acceptors (Lipinski definition) is 3. The lowest BCUT2D eigenvalue weighted by molar-refractivity contribution is 0.0315. The molecule has 2 unspecified atom stereocenters. The van der Waals surface area contributed by atoms with Crippen LogP contribution in [0.3, 0.4) is 0 Å². The van der Waals surface area contributed by atoms with Crippen molar-refractivity contribution in [3.8, 4) is 0 Å². The zero-order valence-corrected chi connectivity index (χ0v) is 15.2. The van der Waals surface area contributed by atoms with E-state index in [1.165, 1.54) is 0 Å². The number of aliphatic hydroxyl groups is 1. The minimum absolute atomic E-state index is 0.109. The summed E-state index contributed by atoms with van der Waals surface area (Å²) in [4.78, 5) is 0. The number of rotatable bonds is 6. The van der Waals surface area contributed by atoms with Crippen molar-refractivity contribution in [3.63, 3.8) is 0 Å². The molecule has 0 saturated heterocycles. The quantitative estimate of drug-likeness (QED) is 0.653. The summed E-state index contributed by atoms with van der Waals surface area (Å²) in [5.74, 6) is 0.109. The van der Waals surface area contributed by atoms with Crippen LogP contribution in [0.2, 0.25) is 25.7 Å². The maximum absolute atomic E-state index is 11.0. The summed E-state index contributed by atoms with van der Waals surface area (Å²) >= 11 is 0. The largest absolute Gasteiger partial charge is 0.390 e. The summed E-state index contributed by atoms with van der Waals surface area (Å²) in [7, 11) is -1.49. The Balaban J connectivity index is 2.68. The molecular formula is C17H27N3OSi. The smallest absolute Gasteiger partial charge is 0.113 e. The van der Waals surface area contributed by atoms with Gasteiger partial charge in [0.25, 0.3) is 0 Å². The maximum Gasteiger partial charge on any atom is 0.113 e. The van der Waals surface area contributed by atoms with Gasteiger partial charge in [-0.3, -0.25) is 0 Å². The lowest BCUT2D eigenvalue weighted by Gasteiger charge is -2.41. The van der Waals surface area contributed by atoms with Crippen LogP contribution in [-0.2, 0) is 5.54 Å². The summed E-state index contributed by atoms with van der Waals surface area (Å²) in [6, 6.07) is 8.75. The van der Waals surface area contributed by atoms with E-state index in [9.17, 15) is 5.11 Å². The highest BCUT2D eigenvalue weighted by molar-refractivity contribution is 6.76. The third kappa shape index (κ3) is 3.01. The predicted octanol–water partition coefficient (Wildman–Crippen LogP) is 3.67. The van der Waals surface area contributed by atoms with Gasteiger partial charge in [-0.15, -0.1) is 11.7 Å². The molecule has 1 heterocycles. The summed E-state index contributed by atoms with van der Waals surface area (Å²) in [5, 5.41) is 19.7. The number of fused-ring (bicyclic) bond motifs is 1. The molecule has 0 amide bonds. The Morgan fingerprint density at radius 3 is 2.50 bits per heavy atom. The fourth-order valence-electron chi connectivity index (χ4n) is 3.19. The Kier molecular flexibility index (Phi) is 4.59. The molecule has 2 aromatic rings. The van der Waals surface area contributed by atoms with Gasteiger partial charge in [0.15, 0.2) is 0 Å². The van der Waals surface area contributed by atoms with Crippen LogP contribution in [-0.4, -0.2) is 34.3 Å². The zero-order chi connectivity index (χ0) is 16.5. The first-order valence-electron chi connectivity index (χ1n) is 7.84. The van der Waals surface area contributed by atoms with E-state index < -0.39 is 19.7 Å². The maximum atomic E-state index is 11.0. The van der Waals surface area contributed by atoms with Crippen molar-refractivity contribution in [3.05, 3.63) is 36.9 Å². The predicted molar refractivity (Wildman–Crippen MR) is 94.7 cm³/mol. The van der Waals surface area contributed by atoms with Gasteiger partial charge in [0.05, 0.1) is 11.6 Å². The first kappa shape index (κ1) is 16.9. The highest BCUT2D eigenvalue weighted by atomic mass is 28.3. The second kappa shape index (κ2) is 5.97. The van der Waals surface area contributed by atoms with E-state index in [-0.39, 0.29) is 5.92 Å². The molecular weight excluding hydrogens is 290 g/mol. The van der Waals surface area contributed by atoms with Gasteiger partial charge in [-0.05, 0) is 24.1 Å². The van der Waals surface area contributed by atoms with E-state index in [0.29, 0.717) is 0 Å². The zero-order valence-electron chi connectivity index (χ0n) is 14.2. The summed E-state index contributed by atoms with van der Waals surface area (Å²) < 4.78 is 1.89. The third-order valence-corrected chi connectivity index (χ3v) is 5.68. The van der Waals surface area contributed by atoms with Crippen LogP contribution < -0.4 is 0 Å². The molecule has 0 aliphatic rings. The highest BCUT2D eigenvalue weighted by Gasteiger charge is 2.43. The summed E-state index contributed by atoms with van der Waals surface area (Å²) in [5.41, 5.74) is 1.18. The van der Waals surface area contributed by atoms with Crippen LogP contribution >= 0.6 is 0 Å². The van der Waals surface area contributed by atoms with Crippen molar-refractivity contribution in [2.45, 2.75) is 51.2 Å². The van der Waals surface area contributed by atoms with Crippen molar-refractivity contribution in [2.24, 2.45) is 5.92 Å². The van der Waals surface area contributed by atoms with E-state index in [4.69, 9.17) is 0 Å². The molecule has 0 aliphatic carbocycles. The first-order valence-corrected chi connectivity index (χ1v) is 11.5. The molecule has 0 fully saturated rings. The van der Waals surface area contributed by atoms with Crippen LogP contribution in [0.5, 0.6) is 0 Å². The Bertz CT molecular complexity index is 659. The summed E-state index contributed by atoms with van der Waals surface area (Å²) in [6.07, 6.45) is 1.32. The molecule has 1 N–H and O–H groups in total. The molecule has 2 atom stereocenters. The minimum atomic E-state index is -1.49. The van der Waals surface area contributed by atoms with Crippen LogP contribution in [0.1, 0.15) is 13.8 Å². The first-order chi connectivity index (χ1) is 10.2. The van der Waals surface area contributed by atoms with Crippen LogP contribution in [0.15, 0.2) is 36.9 Å². The van der Waals surface area contributed by atoms with E-state index in [0.717, 1.165) is 17.1 Å². The SMILES string of the molecule is C=CC(C[Si](C)(C)C)(C(O)C(C)C)n1nnc2ccccc21. The average molecular weight is 318 g/mol. The lowest BCUT2D eigenvalue weighted by Crippen LogP contribution is -2.50. The monoisotopic (exact) mass is 317 g/mol. The number of benzene rings is 1. The van der Waals surface area contributed by atoms with E-state index in [2.05, 4.69) is 36.5 Å². The number of aromatic nitrogens is 3. The van der Waals surface area contributed by atoms with Gasteiger partial charge in [-0.2, -0.15) is 0 Å². The second-order valence-electron chi connectivity index (χ2n) is 7.61. The van der Waals surface area contributed by atoms with Crippen molar-refractivity contribution in [2.75, 3.05) is 0 Å². The minimum Gasteiger partial charge on any atom is -0.390 e. The number of aliphatic hydroxyl groups excluding tert-OH is 1. The van der Waals surface area contributed by atoms with E-state index in [1.54, 1.807) is 0 Å². The molecule has 120 valence electrons. The molecule has 1 aromatic heterocycles. The van der Waals surface area contributed by atoms with Crippen LogP contribution in [0.25, 0.3) is 11.0 Å². The topological polar surface area (TPSA) is 50.9 Å². The molecule has 0 radical (unpaired) electrons. The molecule has 0 saturated carbocycles. The van der Waals surface area contributed by atoms with E-state index >= 15 is 0 Å². The van der Waals surface area contributed by atoms with Crippen LogP contribution in [0, 0.1) is 5.92 Å². The lowest BCUT2D eigenvalue weighted by atomic mass is 9.86. The number of para-hydroxylation sites is 1. The molecule has 0 bridgehead atoms. The van der Waals surface area contributed by atoms with Crippen LogP contribution in [0.4, 0.5) is 0 Å². The standard InChI is InChI=1S/C17H27N3OSi/c1-7-17(12-22(4,5)6,16(21)13(2)3)20-15-11-9-8-10-14(15)18-19-20/h7-11,13,16,21H,1,12H2,2-6H3. The highest BCUT2D eigenvalue weighted by Crippen LogP contribution is 2.37. The van der Waals surface area contributed by atoms with E-state index in [1.807, 2.05) is 48.9 Å². The summed E-state index contributed by atoms with van der Waals surface area (Å²) in [6.45, 7) is 15.0. The number of hydrogen-bond donors (Lipinski definition) is 1. The van der Waals surface area contributed by atoms with Gasteiger partial charge >= 0.3 is 0 Å². The van der Waals surface area contributed by atoms with Gasteiger partial charge in [0.1, 0.15) is 11.1 Å². The molecule has 4 nitrogen and oxygen atoms in total. The second-order valence-corrected chi connectivity index (χ2v) is 13.1. The van der Waals surface area contributed by atoms with Crippen molar-refractivity contribution in [1.29, 1.82) is 0 Å². The van der Waals surface area contributed by atoms with Gasteiger partial charge in [0, 0.05) is 8.07 Å². The average Bonchev–Trinajstić information content (AvgIpc) is 2.87. The van der Waals surface area contributed by atoms with Crippen molar-refractivity contribution < 1.29 is 5.11 Å². The van der Waals surface area contributed by atoms with Gasteiger partial charge in [0.2, 0.25) is 0 Å². The Hall–Kier alpha value is -1.46. The molecule has 5 heteroatoms.